The van der Waals surface area contributed by atoms with Crippen LogP contribution >= 0.6 is 34.9 Å². The molecule has 0 unspecified atom stereocenters. The summed E-state index contributed by atoms with van der Waals surface area (Å²) < 4.78 is 1.85. The number of fused-ring (bicyclic) bond motifs is 1. The summed E-state index contributed by atoms with van der Waals surface area (Å²) in [6, 6.07) is -0.915. The van der Waals surface area contributed by atoms with E-state index in [9.17, 15) is 19.5 Å². The lowest BCUT2D eigenvalue weighted by atomic mass is 10.0. The van der Waals surface area contributed by atoms with E-state index in [4.69, 9.17) is 10.6 Å². The van der Waals surface area contributed by atoms with Crippen LogP contribution in [0.5, 0.6) is 0 Å². The minimum absolute atomic E-state index is 0.0626. The molecule has 0 bridgehead atoms. The van der Waals surface area contributed by atoms with Crippen LogP contribution in [0.4, 0.5) is 5.13 Å². The van der Waals surface area contributed by atoms with Crippen molar-refractivity contribution >= 4 is 63.5 Å². The van der Waals surface area contributed by atoms with E-state index in [0.29, 0.717) is 28.8 Å². The molecule has 2 aromatic rings. The van der Waals surface area contributed by atoms with Gasteiger partial charge in [0.05, 0.1) is 0 Å². The maximum absolute atomic E-state index is 12.9. The first kappa shape index (κ1) is 24.0. The maximum Gasteiger partial charge on any atom is 0.352 e. The smallest absolute Gasteiger partial charge is 0.352 e. The molecule has 2 aliphatic rings. The summed E-state index contributed by atoms with van der Waals surface area (Å²) in [7, 11) is 1.28. The Kier molecular flexibility index (Phi) is 7.08. The second-order valence-corrected chi connectivity index (χ2v) is 9.94. The molecule has 4 N–H and O–H groups in total. The average molecular weight is 525 g/mol. The molecule has 180 valence electrons. The van der Waals surface area contributed by atoms with E-state index >= 15 is 0 Å². The Balaban J connectivity index is 1.49. The van der Waals surface area contributed by atoms with Gasteiger partial charge in [-0.05, 0) is 12.5 Å². The summed E-state index contributed by atoms with van der Waals surface area (Å²) in [5, 5.41) is 26.0. The van der Waals surface area contributed by atoms with Gasteiger partial charge in [0.15, 0.2) is 16.0 Å². The Bertz CT molecular complexity index is 1190. The lowest BCUT2D eigenvalue weighted by molar-refractivity contribution is -0.150. The van der Waals surface area contributed by atoms with E-state index in [2.05, 4.69) is 25.7 Å². The van der Waals surface area contributed by atoms with Crippen LogP contribution in [0.25, 0.3) is 0 Å². The normalized spacial score (nSPS) is 20.1. The SMILES string of the molecule is CCn1cnnc1SCC1=C(C(=O)O)N2C(=O)[C@@H](NC(=O)/C(=N\OC)c3csc(N)n3)[C@H]2SC1. The number of nitrogen functional groups attached to an aromatic ring is 1. The summed E-state index contributed by atoms with van der Waals surface area (Å²) in [6.45, 7) is 2.64. The number of aliphatic carboxylic acids is 1. The van der Waals surface area contributed by atoms with Crippen molar-refractivity contribution in [2.75, 3.05) is 24.3 Å². The zero-order chi connectivity index (χ0) is 24.4. The molecule has 16 heteroatoms. The number of carbonyl (C=O) groups is 3. The van der Waals surface area contributed by atoms with Gasteiger partial charge in [-0.25, -0.2) is 9.78 Å². The van der Waals surface area contributed by atoms with E-state index in [-0.39, 0.29) is 22.2 Å². The zero-order valence-electron chi connectivity index (χ0n) is 18.0. The molecule has 4 heterocycles. The van der Waals surface area contributed by atoms with Gasteiger partial charge in [-0.2, -0.15) is 0 Å². The third-order valence-electron chi connectivity index (χ3n) is 4.99. The predicted octanol–water partition coefficient (Wildman–Crippen LogP) is 0.218. The first-order chi connectivity index (χ1) is 16.3. The average Bonchev–Trinajstić information content (AvgIpc) is 3.46. The number of nitrogens with one attached hydrogen (secondary N) is 1. The number of aryl methyl sites for hydroxylation is 1. The lowest BCUT2D eigenvalue weighted by Gasteiger charge is -2.49. The molecule has 0 spiro atoms. The molecule has 0 radical (unpaired) electrons. The number of carboxylic acid groups (broad SMARTS) is 1. The highest BCUT2D eigenvalue weighted by Gasteiger charge is 2.54. The summed E-state index contributed by atoms with van der Waals surface area (Å²) in [4.78, 5) is 47.8. The Morgan fingerprint density at radius 3 is 2.91 bits per heavy atom. The Morgan fingerprint density at radius 1 is 1.47 bits per heavy atom. The maximum atomic E-state index is 12.9. The molecule has 2 amide bonds. The fraction of sp³-hybridized carbons (Fsp3) is 0.389. The van der Waals surface area contributed by atoms with Gasteiger partial charge in [0, 0.05) is 23.4 Å². The predicted molar refractivity (Wildman–Crippen MR) is 126 cm³/mol. The number of thiazole rings is 1. The van der Waals surface area contributed by atoms with Crippen molar-refractivity contribution in [3.63, 3.8) is 0 Å². The van der Waals surface area contributed by atoms with Gasteiger partial charge in [0.25, 0.3) is 11.8 Å². The van der Waals surface area contributed by atoms with Gasteiger partial charge < -0.3 is 25.6 Å². The van der Waals surface area contributed by atoms with Crippen LogP contribution < -0.4 is 11.1 Å². The monoisotopic (exact) mass is 524 g/mol. The number of amides is 2. The van der Waals surface area contributed by atoms with E-state index in [1.807, 2.05) is 11.5 Å². The van der Waals surface area contributed by atoms with Crippen LogP contribution in [-0.2, 0) is 25.8 Å². The van der Waals surface area contributed by atoms with Crippen LogP contribution in [0.2, 0.25) is 0 Å². The number of carboxylic acids is 1. The standard InChI is InChI=1S/C18H20N8O5S3/c1-3-25-7-20-23-18(25)34-5-8-4-32-15-11(14(28)26(15)12(8)16(29)30)22-13(27)10(24-31-2)9-6-33-17(19)21-9/h6-7,11,15H,3-5H2,1-2H3,(H2,19,21)(H,22,27)(H,29,30)/b24-10-/t11-,15-/m1/s1. The third-order valence-corrected chi connectivity index (χ3v) is 8.08. The number of aromatic nitrogens is 4. The quantitative estimate of drug-likeness (QED) is 0.177. The van der Waals surface area contributed by atoms with Crippen molar-refractivity contribution in [2.24, 2.45) is 5.16 Å². The number of anilines is 1. The van der Waals surface area contributed by atoms with Gasteiger partial charge in [0.2, 0.25) is 0 Å². The molecule has 34 heavy (non-hydrogen) atoms. The van der Waals surface area contributed by atoms with Crippen LogP contribution in [0.15, 0.2) is 33.3 Å². The molecule has 2 atom stereocenters. The number of nitrogens with two attached hydrogens (primary N) is 1. The molecule has 0 saturated carbocycles. The number of oxime groups is 1. The summed E-state index contributed by atoms with van der Waals surface area (Å²) >= 11 is 3.86. The molecule has 13 nitrogen and oxygen atoms in total. The zero-order valence-corrected chi connectivity index (χ0v) is 20.4. The number of hydrogen-bond acceptors (Lipinski definition) is 12. The highest BCUT2D eigenvalue weighted by molar-refractivity contribution is 8.01. The minimum Gasteiger partial charge on any atom is -0.477 e. The number of thioether (sulfide) groups is 2. The minimum atomic E-state index is -1.20. The van der Waals surface area contributed by atoms with Crippen molar-refractivity contribution in [2.45, 2.75) is 30.0 Å². The van der Waals surface area contributed by atoms with Crippen molar-refractivity contribution in [3.05, 3.63) is 28.7 Å². The van der Waals surface area contributed by atoms with Gasteiger partial charge in [0.1, 0.15) is 36.2 Å². The number of β-lactam (4-membered cyclic amide) rings is 1. The fourth-order valence-corrected chi connectivity index (χ4v) is 6.43. The molecule has 0 aliphatic carbocycles. The molecule has 0 aromatic carbocycles. The molecular formula is C18H20N8O5S3. The van der Waals surface area contributed by atoms with E-state index in [1.54, 1.807) is 11.7 Å². The van der Waals surface area contributed by atoms with Gasteiger partial charge in [-0.1, -0.05) is 16.9 Å². The van der Waals surface area contributed by atoms with Crippen LogP contribution in [-0.4, -0.2) is 83.3 Å². The number of rotatable bonds is 9. The Labute approximate surface area is 205 Å². The highest BCUT2D eigenvalue weighted by Crippen LogP contribution is 2.41. The second kappa shape index (κ2) is 10.0. The van der Waals surface area contributed by atoms with Crippen molar-refractivity contribution < 1.29 is 24.3 Å². The van der Waals surface area contributed by atoms with Crippen molar-refractivity contribution in [1.82, 2.24) is 30.0 Å². The van der Waals surface area contributed by atoms with Crippen LogP contribution in [0.1, 0.15) is 12.6 Å². The molecule has 1 saturated heterocycles. The summed E-state index contributed by atoms with van der Waals surface area (Å²) in [5.74, 6) is -1.66. The van der Waals surface area contributed by atoms with Crippen molar-refractivity contribution in [1.29, 1.82) is 0 Å². The van der Waals surface area contributed by atoms with E-state index in [0.717, 1.165) is 11.3 Å². The topological polar surface area (TPSA) is 178 Å². The highest BCUT2D eigenvalue weighted by atomic mass is 32.2. The largest absolute Gasteiger partial charge is 0.477 e. The second-order valence-electron chi connectivity index (χ2n) is 7.00. The van der Waals surface area contributed by atoms with E-state index < -0.39 is 29.2 Å². The first-order valence-electron chi connectivity index (χ1n) is 9.89. The lowest BCUT2D eigenvalue weighted by Crippen LogP contribution is -2.71. The van der Waals surface area contributed by atoms with Crippen LogP contribution in [0.3, 0.4) is 0 Å². The number of hydrogen-bond donors (Lipinski definition) is 3. The van der Waals surface area contributed by atoms with Crippen molar-refractivity contribution in [3.8, 4) is 0 Å². The molecule has 4 rings (SSSR count). The summed E-state index contributed by atoms with van der Waals surface area (Å²) in [5.41, 5.74) is 6.25. The molecule has 1 fully saturated rings. The first-order valence-corrected chi connectivity index (χ1v) is 12.8. The van der Waals surface area contributed by atoms with Gasteiger partial charge >= 0.3 is 5.97 Å². The van der Waals surface area contributed by atoms with Gasteiger partial charge in [-0.3, -0.25) is 14.5 Å². The van der Waals surface area contributed by atoms with Crippen LogP contribution in [0, 0.1) is 0 Å². The fourth-order valence-electron chi connectivity index (χ4n) is 3.42. The van der Waals surface area contributed by atoms with Gasteiger partial charge in [-0.15, -0.1) is 33.3 Å². The number of carbonyl (C=O) groups excluding carboxylic acids is 2. The Hall–Kier alpha value is -3.11. The molecular weight excluding hydrogens is 504 g/mol. The molecule has 2 aromatic heterocycles. The number of nitrogens with zero attached hydrogens (tertiary/aromatic N) is 6. The Morgan fingerprint density at radius 2 is 2.26 bits per heavy atom. The molecule has 2 aliphatic heterocycles. The van der Waals surface area contributed by atoms with E-state index in [1.165, 1.54) is 35.5 Å². The summed E-state index contributed by atoms with van der Waals surface area (Å²) in [6.07, 6.45) is 1.60. The third kappa shape index (κ3) is 4.47.